The first-order chi connectivity index (χ1) is 8.37. The molecule has 1 rings (SSSR count). The number of rotatable bonds is 5. The number of methoxy groups -OCH3 is 1. The van der Waals surface area contributed by atoms with E-state index in [1.807, 2.05) is 0 Å². The van der Waals surface area contributed by atoms with Crippen LogP contribution in [0.4, 0.5) is 13.2 Å². The average molecular weight is 284 g/mol. The van der Waals surface area contributed by atoms with Crippen LogP contribution in [0.5, 0.6) is 11.5 Å². The van der Waals surface area contributed by atoms with Crippen LogP contribution in [0.3, 0.4) is 0 Å². The molecular weight excluding hydrogens is 271 g/mol. The first-order valence-corrected chi connectivity index (χ1v) is 5.51. The lowest BCUT2D eigenvalue weighted by atomic mass is 10.2. The molecule has 0 saturated carbocycles. The smallest absolute Gasteiger partial charge is 0.392 e. The van der Waals surface area contributed by atoms with Gasteiger partial charge in [0.25, 0.3) is 0 Å². The van der Waals surface area contributed by atoms with E-state index in [0.717, 1.165) is 0 Å². The van der Waals surface area contributed by atoms with Gasteiger partial charge < -0.3 is 15.2 Å². The predicted octanol–water partition coefficient (Wildman–Crippen LogP) is 3.14. The van der Waals surface area contributed by atoms with Crippen molar-refractivity contribution in [3.63, 3.8) is 0 Å². The highest BCUT2D eigenvalue weighted by Crippen LogP contribution is 2.36. The minimum absolute atomic E-state index is 0.0978. The molecule has 2 N–H and O–H groups in total. The second-order valence-electron chi connectivity index (χ2n) is 3.53. The lowest BCUT2D eigenvalue weighted by Crippen LogP contribution is -2.13. The fourth-order valence-corrected chi connectivity index (χ4v) is 1.59. The molecule has 0 aliphatic carbocycles. The van der Waals surface area contributed by atoms with E-state index in [1.54, 1.807) is 6.07 Å². The summed E-state index contributed by atoms with van der Waals surface area (Å²) in [6.45, 7) is -0.263. The molecule has 0 radical (unpaired) electrons. The maximum absolute atomic E-state index is 12.0. The Morgan fingerprint density at radius 2 is 2.00 bits per heavy atom. The predicted molar refractivity (Wildman–Crippen MR) is 62.1 cm³/mol. The van der Waals surface area contributed by atoms with Gasteiger partial charge >= 0.3 is 6.18 Å². The van der Waals surface area contributed by atoms with Gasteiger partial charge in [0, 0.05) is 6.54 Å². The standard InChI is InChI=1S/C11H13ClF3NO2/c1-17-9-5-7(6-16)4-8(12)10(9)18-3-2-11(13,14)15/h4-5H,2-3,6,16H2,1H3. The molecular formula is C11H13ClF3NO2. The summed E-state index contributed by atoms with van der Waals surface area (Å²) < 4.78 is 46.0. The van der Waals surface area contributed by atoms with Crippen LogP contribution in [0.1, 0.15) is 12.0 Å². The second kappa shape index (κ2) is 6.15. The molecule has 0 aliphatic rings. The lowest BCUT2D eigenvalue weighted by Gasteiger charge is -2.14. The third-order valence-electron chi connectivity index (χ3n) is 2.16. The van der Waals surface area contributed by atoms with Crippen LogP contribution in [-0.2, 0) is 6.54 Å². The number of halogens is 4. The Kier molecular flexibility index (Phi) is 5.10. The molecule has 0 heterocycles. The highest BCUT2D eigenvalue weighted by atomic mass is 35.5. The van der Waals surface area contributed by atoms with Crippen LogP contribution >= 0.6 is 11.6 Å². The zero-order valence-corrected chi connectivity index (χ0v) is 10.4. The maximum atomic E-state index is 12.0. The summed E-state index contributed by atoms with van der Waals surface area (Å²) >= 11 is 5.90. The number of ether oxygens (including phenoxy) is 2. The van der Waals surface area contributed by atoms with Crippen molar-refractivity contribution in [2.24, 2.45) is 5.73 Å². The molecule has 1 aromatic carbocycles. The Balaban J connectivity index is 2.81. The van der Waals surface area contributed by atoms with E-state index in [1.165, 1.54) is 13.2 Å². The van der Waals surface area contributed by atoms with Gasteiger partial charge in [-0.1, -0.05) is 11.6 Å². The van der Waals surface area contributed by atoms with Crippen molar-refractivity contribution in [1.29, 1.82) is 0 Å². The highest BCUT2D eigenvalue weighted by molar-refractivity contribution is 6.32. The fraction of sp³-hybridized carbons (Fsp3) is 0.455. The quantitative estimate of drug-likeness (QED) is 0.903. The molecule has 0 aromatic heterocycles. The summed E-state index contributed by atoms with van der Waals surface area (Å²) in [6.07, 6.45) is -5.32. The topological polar surface area (TPSA) is 44.5 Å². The molecule has 0 bridgehead atoms. The van der Waals surface area contributed by atoms with Gasteiger partial charge in [0.1, 0.15) is 0 Å². The molecule has 0 atom stereocenters. The third-order valence-corrected chi connectivity index (χ3v) is 2.44. The molecule has 102 valence electrons. The molecule has 0 amide bonds. The van der Waals surface area contributed by atoms with E-state index < -0.39 is 19.2 Å². The zero-order chi connectivity index (χ0) is 13.8. The molecule has 0 saturated heterocycles. The van der Waals surface area contributed by atoms with Gasteiger partial charge in [0.05, 0.1) is 25.2 Å². The zero-order valence-electron chi connectivity index (χ0n) is 9.68. The van der Waals surface area contributed by atoms with Gasteiger partial charge in [-0.3, -0.25) is 0 Å². The van der Waals surface area contributed by atoms with Crippen molar-refractivity contribution in [3.8, 4) is 11.5 Å². The monoisotopic (exact) mass is 283 g/mol. The molecule has 0 aliphatic heterocycles. The van der Waals surface area contributed by atoms with Crippen molar-refractivity contribution >= 4 is 11.6 Å². The summed E-state index contributed by atoms with van der Waals surface area (Å²) in [5.74, 6) is 0.366. The molecule has 0 spiro atoms. The molecule has 3 nitrogen and oxygen atoms in total. The van der Waals surface area contributed by atoms with Crippen molar-refractivity contribution in [2.45, 2.75) is 19.1 Å². The van der Waals surface area contributed by atoms with Crippen molar-refractivity contribution in [2.75, 3.05) is 13.7 Å². The van der Waals surface area contributed by atoms with Gasteiger partial charge in [-0.25, -0.2) is 0 Å². The van der Waals surface area contributed by atoms with Crippen LogP contribution in [0.2, 0.25) is 5.02 Å². The van der Waals surface area contributed by atoms with Gasteiger partial charge in [-0.15, -0.1) is 0 Å². The second-order valence-corrected chi connectivity index (χ2v) is 3.93. The van der Waals surface area contributed by atoms with Crippen LogP contribution < -0.4 is 15.2 Å². The van der Waals surface area contributed by atoms with Crippen LogP contribution in [-0.4, -0.2) is 19.9 Å². The van der Waals surface area contributed by atoms with Crippen LogP contribution in [0.25, 0.3) is 0 Å². The van der Waals surface area contributed by atoms with E-state index in [-0.39, 0.29) is 23.1 Å². The number of hydrogen-bond donors (Lipinski definition) is 1. The maximum Gasteiger partial charge on any atom is 0.392 e. The highest BCUT2D eigenvalue weighted by Gasteiger charge is 2.27. The summed E-state index contributed by atoms with van der Waals surface area (Å²) in [5.41, 5.74) is 6.15. The lowest BCUT2D eigenvalue weighted by molar-refractivity contribution is -0.139. The molecule has 0 unspecified atom stereocenters. The van der Waals surface area contributed by atoms with Crippen molar-refractivity contribution in [3.05, 3.63) is 22.7 Å². The fourth-order valence-electron chi connectivity index (χ4n) is 1.30. The van der Waals surface area contributed by atoms with Gasteiger partial charge in [0.2, 0.25) is 0 Å². The summed E-state index contributed by atoms with van der Waals surface area (Å²) in [7, 11) is 1.38. The summed E-state index contributed by atoms with van der Waals surface area (Å²) in [4.78, 5) is 0. The minimum atomic E-state index is -4.27. The van der Waals surface area contributed by atoms with Crippen molar-refractivity contribution in [1.82, 2.24) is 0 Å². The largest absolute Gasteiger partial charge is 0.493 e. The van der Waals surface area contributed by atoms with E-state index in [4.69, 9.17) is 26.8 Å². The summed E-state index contributed by atoms with van der Waals surface area (Å²) in [5, 5.41) is 0.178. The Morgan fingerprint density at radius 3 is 2.50 bits per heavy atom. The number of benzene rings is 1. The van der Waals surface area contributed by atoms with E-state index in [9.17, 15) is 13.2 Å². The van der Waals surface area contributed by atoms with Crippen LogP contribution in [0.15, 0.2) is 12.1 Å². The molecule has 0 fully saturated rings. The number of nitrogens with two attached hydrogens (primary N) is 1. The van der Waals surface area contributed by atoms with E-state index in [2.05, 4.69) is 0 Å². The SMILES string of the molecule is COc1cc(CN)cc(Cl)c1OCCC(F)(F)F. The van der Waals surface area contributed by atoms with E-state index in [0.29, 0.717) is 5.56 Å². The average Bonchev–Trinajstić information content (AvgIpc) is 2.29. The van der Waals surface area contributed by atoms with Crippen molar-refractivity contribution < 1.29 is 22.6 Å². The van der Waals surface area contributed by atoms with E-state index >= 15 is 0 Å². The van der Waals surface area contributed by atoms with Gasteiger partial charge in [0.15, 0.2) is 11.5 Å². The number of alkyl halides is 3. The van der Waals surface area contributed by atoms with Gasteiger partial charge in [-0.2, -0.15) is 13.2 Å². The Morgan fingerprint density at radius 1 is 1.33 bits per heavy atom. The van der Waals surface area contributed by atoms with Gasteiger partial charge in [-0.05, 0) is 17.7 Å². The normalized spacial score (nSPS) is 11.4. The molecule has 18 heavy (non-hydrogen) atoms. The Bertz CT molecular complexity index is 410. The first-order valence-electron chi connectivity index (χ1n) is 5.13. The number of hydrogen-bond acceptors (Lipinski definition) is 3. The molecule has 1 aromatic rings. The molecule has 7 heteroatoms. The minimum Gasteiger partial charge on any atom is -0.493 e. The first kappa shape index (κ1) is 14.9. The third kappa shape index (κ3) is 4.27. The Hall–Kier alpha value is -1.14. The van der Waals surface area contributed by atoms with Crippen LogP contribution in [0, 0.1) is 0 Å². The summed E-state index contributed by atoms with van der Waals surface area (Å²) in [6, 6.07) is 3.11. The Labute approximate surface area is 108 Å².